The standard InChI is InChI=1S/C20H23N3O5S/c1-25-14-28-18-10-9-17(27-12-6-11-22-23-21)16(19(18)20(24)26-2)13-29-15-7-4-3-5-8-15/h3-5,7-10H,6,11-14H2,1-2H3. The molecule has 0 heterocycles. The molecule has 8 nitrogen and oxygen atoms in total. The third-order valence-corrected chi connectivity index (χ3v) is 4.84. The lowest BCUT2D eigenvalue weighted by atomic mass is 10.1. The number of azide groups is 1. The average molecular weight is 417 g/mol. The lowest BCUT2D eigenvalue weighted by molar-refractivity contribution is 0.0463. The summed E-state index contributed by atoms with van der Waals surface area (Å²) < 4.78 is 21.4. The van der Waals surface area contributed by atoms with E-state index >= 15 is 0 Å². The van der Waals surface area contributed by atoms with E-state index in [0.717, 1.165) is 4.90 Å². The normalized spacial score (nSPS) is 10.1. The number of nitrogens with zero attached hydrogens (tertiary/aromatic N) is 3. The third-order valence-electron chi connectivity index (χ3n) is 3.80. The van der Waals surface area contributed by atoms with Gasteiger partial charge < -0.3 is 18.9 Å². The number of carbonyl (C=O) groups is 1. The zero-order valence-electron chi connectivity index (χ0n) is 16.4. The van der Waals surface area contributed by atoms with E-state index in [2.05, 4.69) is 10.0 Å². The van der Waals surface area contributed by atoms with Crippen molar-refractivity contribution < 1.29 is 23.7 Å². The molecule has 0 aromatic heterocycles. The summed E-state index contributed by atoms with van der Waals surface area (Å²) in [6, 6.07) is 13.3. The Balaban J connectivity index is 2.33. The number of hydrogen-bond acceptors (Lipinski definition) is 7. The van der Waals surface area contributed by atoms with E-state index in [1.165, 1.54) is 14.2 Å². The average Bonchev–Trinajstić information content (AvgIpc) is 2.76. The topological polar surface area (TPSA) is 103 Å². The molecule has 0 aliphatic carbocycles. The zero-order valence-corrected chi connectivity index (χ0v) is 17.2. The summed E-state index contributed by atoms with van der Waals surface area (Å²) in [7, 11) is 2.83. The molecule has 154 valence electrons. The smallest absolute Gasteiger partial charge is 0.342 e. The molecule has 0 atom stereocenters. The molecule has 0 saturated carbocycles. The highest BCUT2D eigenvalue weighted by atomic mass is 32.2. The predicted octanol–water partition coefficient (Wildman–Crippen LogP) is 4.83. The van der Waals surface area contributed by atoms with E-state index in [1.54, 1.807) is 23.9 Å². The molecule has 9 heteroatoms. The van der Waals surface area contributed by atoms with Gasteiger partial charge in [0.25, 0.3) is 0 Å². The fourth-order valence-corrected chi connectivity index (χ4v) is 3.44. The Morgan fingerprint density at radius 1 is 1.10 bits per heavy atom. The molecule has 0 aliphatic heterocycles. The van der Waals surface area contributed by atoms with Crippen LogP contribution in [0.5, 0.6) is 11.5 Å². The minimum atomic E-state index is -0.515. The van der Waals surface area contributed by atoms with Gasteiger partial charge in [-0.2, -0.15) is 0 Å². The third kappa shape index (κ3) is 6.90. The lowest BCUT2D eigenvalue weighted by Crippen LogP contribution is -2.12. The van der Waals surface area contributed by atoms with E-state index in [4.69, 9.17) is 24.5 Å². The number of ether oxygens (including phenoxy) is 4. The first-order valence-corrected chi connectivity index (χ1v) is 9.87. The Labute approximate surface area is 173 Å². The Morgan fingerprint density at radius 3 is 2.55 bits per heavy atom. The first-order valence-electron chi connectivity index (χ1n) is 8.88. The molecule has 0 spiro atoms. The van der Waals surface area contributed by atoms with Gasteiger partial charge in [-0.25, -0.2) is 4.79 Å². The van der Waals surface area contributed by atoms with Crippen LogP contribution < -0.4 is 9.47 Å². The molecular weight excluding hydrogens is 394 g/mol. The summed E-state index contributed by atoms with van der Waals surface area (Å²) in [5, 5.41) is 3.50. The number of esters is 1. The van der Waals surface area contributed by atoms with Crippen LogP contribution in [0.15, 0.2) is 52.5 Å². The monoisotopic (exact) mass is 417 g/mol. The van der Waals surface area contributed by atoms with Gasteiger partial charge in [0.15, 0.2) is 6.79 Å². The van der Waals surface area contributed by atoms with Gasteiger partial charge in [0.05, 0.1) is 13.7 Å². The van der Waals surface area contributed by atoms with Crippen molar-refractivity contribution in [3.8, 4) is 11.5 Å². The van der Waals surface area contributed by atoms with E-state index in [9.17, 15) is 4.79 Å². The van der Waals surface area contributed by atoms with Crippen molar-refractivity contribution in [2.75, 3.05) is 34.2 Å². The van der Waals surface area contributed by atoms with E-state index < -0.39 is 5.97 Å². The van der Waals surface area contributed by atoms with Crippen LogP contribution >= 0.6 is 11.8 Å². The molecule has 0 radical (unpaired) electrons. The van der Waals surface area contributed by atoms with Crippen LogP contribution in [0.1, 0.15) is 22.3 Å². The van der Waals surface area contributed by atoms with Crippen molar-refractivity contribution in [2.24, 2.45) is 5.11 Å². The second-order valence-electron chi connectivity index (χ2n) is 5.72. The number of benzene rings is 2. The molecule has 2 aromatic carbocycles. The van der Waals surface area contributed by atoms with Crippen molar-refractivity contribution in [1.82, 2.24) is 0 Å². The Kier molecular flexibility index (Phi) is 9.71. The fourth-order valence-electron chi connectivity index (χ4n) is 2.49. The molecule has 0 N–H and O–H groups in total. The van der Waals surface area contributed by atoms with Gasteiger partial charge in [0.1, 0.15) is 17.1 Å². The highest BCUT2D eigenvalue weighted by molar-refractivity contribution is 7.98. The molecule has 0 saturated heterocycles. The number of thioether (sulfide) groups is 1. The highest BCUT2D eigenvalue weighted by Crippen LogP contribution is 2.36. The van der Waals surface area contributed by atoms with Gasteiger partial charge >= 0.3 is 5.97 Å². The van der Waals surface area contributed by atoms with Crippen LogP contribution in [0.3, 0.4) is 0 Å². The molecule has 2 aromatic rings. The van der Waals surface area contributed by atoms with Gasteiger partial charge in [-0.15, -0.1) is 11.8 Å². The second-order valence-corrected chi connectivity index (χ2v) is 6.76. The van der Waals surface area contributed by atoms with Crippen LogP contribution in [0.25, 0.3) is 10.4 Å². The molecule has 0 unspecified atom stereocenters. The SMILES string of the molecule is COCOc1ccc(OCCCN=[N+]=[N-])c(CSc2ccccc2)c1C(=O)OC. The van der Waals surface area contributed by atoms with Gasteiger partial charge in [-0.05, 0) is 36.2 Å². The van der Waals surface area contributed by atoms with Crippen LogP contribution in [-0.4, -0.2) is 40.1 Å². The summed E-state index contributed by atoms with van der Waals surface area (Å²) >= 11 is 1.57. The molecule has 0 bridgehead atoms. The number of hydrogen-bond donors (Lipinski definition) is 0. The summed E-state index contributed by atoms with van der Waals surface area (Å²) in [5.74, 6) is 0.882. The number of rotatable bonds is 12. The summed E-state index contributed by atoms with van der Waals surface area (Å²) in [5.41, 5.74) is 9.35. The Morgan fingerprint density at radius 2 is 1.86 bits per heavy atom. The maximum Gasteiger partial charge on any atom is 0.342 e. The van der Waals surface area contributed by atoms with E-state index in [-0.39, 0.29) is 6.79 Å². The molecule has 29 heavy (non-hydrogen) atoms. The van der Waals surface area contributed by atoms with Crippen molar-refractivity contribution in [3.05, 3.63) is 64.0 Å². The van der Waals surface area contributed by atoms with Crippen LogP contribution in [0.4, 0.5) is 0 Å². The maximum atomic E-state index is 12.5. The highest BCUT2D eigenvalue weighted by Gasteiger charge is 2.23. The van der Waals surface area contributed by atoms with E-state index in [1.807, 2.05) is 30.3 Å². The van der Waals surface area contributed by atoms with Crippen LogP contribution in [0.2, 0.25) is 0 Å². The minimum Gasteiger partial charge on any atom is -0.493 e. The zero-order chi connectivity index (χ0) is 20.9. The Hall–Kier alpha value is -2.87. The number of methoxy groups -OCH3 is 2. The molecule has 0 aliphatic rings. The fraction of sp³-hybridized carbons (Fsp3) is 0.350. The summed E-state index contributed by atoms with van der Waals surface area (Å²) in [6.45, 7) is 0.687. The molecule has 0 amide bonds. The van der Waals surface area contributed by atoms with Crippen molar-refractivity contribution in [2.45, 2.75) is 17.1 Å². The van der Waals surface area contributed by atoms with Crippen molar-refractivity contribution >= 4 is 17.7 Å². The van der Waals surface area contributed by atoms with Gasteiger partial charge in [0, 0.05) is 34.8 Å². The first-order chi connectivity index (χ1) is 14.2. The quantitative estimate of drug-likeness (QED) is 0.0932. The van der Waals surface area contributed by atoms with Crippen LogP contribution in [-0.2, 0) is 15.2 Å². The second kappa shape index (κ2) is 12.6. The van der Waals surface area contributed by atoms with Gasteiger partial charge in [-0.3, -0.25) is 0 Å². The Bertz CT molecular complexity index is 842. The first kappa shape index (κ1) is 22.4. The molecular formula is C20H23N3O5S. The maximum absolute atomic E-state index is 12.5. The van der Waals surface area contributed by atoms with Crippen molar-refractivity contribution in [3.63, 3.8) is 0 Å². The molecule has 2 rings (SSSR count). The van der Waals surface area contributed by atoms with Gasteiger partial charge in [0.2, 0.25) is 0 Å². The summed E-state index contributed by atoms with van der Waals surface area (Å²) in [6.07, 6.45) is 0.560. The van der Waals surface area contributed by atoms with Crippen molar-refractivity contribution in [1.29, 1.82) is 0 Å². The predicted molar refractivity (Wildman–Crippen MR) is 110 cm³/mol. The molecule has 0 fully saturated rings. The largest absolute Gasteiger partial charge is 0.493 e. The van der Waals surface area contributed by atoms with Gasteiger partial charge in [-0.1, -0.05) is 23.3 Å². The van der Waals surface area contributed by atoms with E-state index in [0.29, 0.717) is 48.0 Å². The lowest BCUT2D eigenvalue weighted by Gasteiger charge is -2.18. The minimum absolute atomic E-state index is 0.00162. The summed E-state index contributed by atoms with van der Waals surface area (Å²) in [4.78, 5) is 16.3. The number of carbonyl (C=O) groups excluding carboxylic acids is 1. The van der Waals surface area contributed by atoms with Crippen LogP contribution in [0, 0.1) is 0 Å².